The van der Waals surface area contributed by atoms with E-state index in [0.717, 1.165) is 30.5 Å². The molecule has 19 heavy (non-hydrogen) atoms. The molecule has 0 aliphatic heterocycles. The molecule has 0 radical (unpaired) electrons. The fraction of sp³-hybridized carbons (Fsp3) is 0.467. The van der Waals surface area contributed by atoms with Crippen molar-refractivity contribution in [1.29, 1.82) is 5.26 Å². The van der Waals surface area contributed by atoms with Crippen LogP contribution in [0.2, 0.25) is 0 Å². The molecule has 102 valence electrons. The summed E-state index contributed by atoms with van der Waals surface area (Å²) in [4.78, 5) is 11.7. The number of carbonyl (C=O) groups is 1. The van der Waals surface area contributed by atoms with Gasteiger partial charge in [0, 0.05) is 5.69 Å². The minimum absolute atomic E-state index is 0.268. The molecule has 1 atom stereocenters. The minimum atomic E-state index is -0.363. The van der Waals surface area contributed by atoms with Crippen molar-refractivity contribution in [2.75, 3.05) is 12.4 Å². The smallest absolute Gasteiger partial charge is 0.328 e. The van der Waals surface area contributed by atoms with Crippen molar-refractivity contribution in [2.24, 2.45) is 0 Å². The Balaban J connectivity index is 2.89. The molecule has 4 heteroatoms. The molecule has 0 fully saturated rings. The molecule has 0 heterocycles. The van der Waals surface area contributed by atoms with Crippen molar-refractivity contribution in [1.82, 2.24) is 0 Å². The Morgan fingerprint density at radius 1 is 1.53 bits per heavy atom. The number of ether oxygens (including phenoxy) is 1. The third-order valence-corrected chi connectivity index (χ3v) is 3.03. The van der Waals surface area contributed by atoms with Crippen LogP contribution in [0.4, 0.5) is 5.69 Å². The number of methoxy groups -OCH3 is 1. The van der Waals surface area contributed by atoms with E-state index in [1.807, 2.05) is 13.0 Å². The molecule has 0 saturated heterocycles. The highest BCUT2D eigenvalue weighted by molar-refractivity contribution is 5.79. The molecular formula is C15H20N2O2. The van der Waals surface area contributed by atoms with Gasteiger partial charge in [-0.15, -0.1) is 0 Å². The molecule has 0 amide bonds. The SMILES string of the molecule is CCCCC(Nc1cc(C#N)ccc1C)C(=O)OC. The Labute approximate surface area is 114 Å². The zero-order valence-electron chi connectivity index (χ0n) is 11.7. The summed E-state index contributed by atoms with van der Waals surface area (Å²) >= 11 is 0. The summed E-state index contributed by atoms with van der Waals surface area (Å²) in [5, 5.41) is 12.1. The van der Waals surface area contributed by atoms with Crippen LogP contribution in [0, 0.1) is 18.3 Å². The van der Waals surface area contributed by atoms with E-state index < -0.39 is 0 Å². The van der Waals surface area contributed by atoms with Crippen molar-refractivity contribution >= 4 is 11.7 Å². The second kappa shape index (κ2) is 7.42. The van der Waals surface area contributed by atoms with Crippen LogP contribution in [0.5, 0.6) is 0 Å². The van der Waals surface area contributed by atoms with E-state index in [9.17, 15) is 4.79 Å². The predicted molar refractivity (Wildman–Crippen MR) is 74.8 cm³/mol. The number of nitrogens with one attached hydrogen (secondary N) is 1. The summed E-state index contributed by atoms with van der Waals surface area (Å²) in [6.45, 7) is 4.02. The summed E-state index contributed by atoms with van der Waals surface area (Å²) < 4.78 is 4.81. The van der Waals surface area contributed by atoms with Crippen molar-refractivity contribution in [2.45, 2.75) is 39.2 Å². The number of carbonyl (C=O) groups excluding carboxylic acids is 1. The lowest BCUT2D eigenvalue weighted by molar-refractivity contribution is -0.141. The van der Waals surface area contributed by atoms with Gasteiger partial charge in [-0.2, -0.15) is 5.26 Å². The predicted octanol–water partition coefficient (Wildman–Crippen LogP) is 3.01. The number of anilines is 1. The Hall–Kier alpha value is -2.02. The van der Waals surface area contributed by atoms with Gasteiger partial charge in [-0.05, 0) is 31.0 Å². The van der Waals surface area contributed by atoms with Crippen molar-refractivity contribution < 1.29 is 9.53 Å². The van der Waals surface area contributed by atoms with Crippen LogP contribution in [0.1, 0.15) is 37.3 Å². The van der Waals surface area contributed by atoms with Gasteiger partial charge in [0.2, 0.25) is 0 Å². The normalized spacial score (nSPS) is 11.5. The Bertz CT molecular complexity index is 478. The topological polar surface area (TPSA) is 62.1 Å². The fourth-order valence-corrected chi connectivity index (χ4v) is 1.83. The molecule has 0 bridgehead atoms. The van der Waals surface area contributed by atoms with Crippen LogP contribution in [0.3, 0.4) is 0 Å². The van der Waals surface area contributed by atoms with Crippen LogP contribution in [-0.2, 0) is 9.53 Å². The molecule has 1 aromatic carbocycles. The van der Waals surface area contributed by atoms with Gasteiger partial charge in [0.25, 0.3) is 0 Å². The van der Waals surface area contributed by atoms with Gasteiger partial charge in [0.15, 0.2) is 0 Å². The Kier molecular flexibility index (Phi) is 5.87. The monoisotopic (exact) mass is 260 g/mol. The molecule has 0 aromatic heterocycles. The second-order valence-corrected chi connectivity index (χ2v) is 4.50. The number of hydrogen-bond donors (Lipinski definition) is 1. The number of esters is 1. The Morgan fingerprint density at radius 2 is 2.26 bits per heavy atom. The summed E-state index contributed by atoms with van der Waals surface area (Å²) in [5.74, 6) is -0.268. The third-order valence-electron chi connectivity index (χ3n) is 3.03. The van der Waals surface area contributed by atoms with Crippen LogP contribution in [0.25, 0.3) is 0 Å². The third kappa shape index (κ3) is 4.29. The van der Waals surface area contributed by atoms with Crippen molar-refractivity contribution in [3.8, 4) is 6.07 Å². The van der Waals surface area contributed by atoms with E-state index in [-0.39, 0.29) is 12.0 Å². The highest BCUT2D eigenvalue weighted by atomic mass is 16.5. The first-order valence-electron chi connectivity index (χ1n) is 6.47. The number of hydrogen-bond acceptors (Lipinski definition) is 4. The number of nitriles is 1. The standard InChI is InChI=1S/C15H20N2O2/c1-4-5-6-13(15(18)19-3)17-14-9-12(10-16)8-7-11(14)2/h7-9,13,17H,4-6H2,1-3H3. The van der Waals surface area contributed by atoms with E-state index in [2.05, 4.69) is 18.3 Å². The summed E-state index contributed by atoms with van der Waals surface area (Å²) in [6, 6.07) is 7.13. The van der Waals surface area contributed by atoms with E-state index in [4.69, 9.17) is 10.00 Å². The van der Waals surface area contributed by atoms with E-state index in [0.29, 0.717) is 5.56 Å². The van der Waals surface area contributed by atoms with Gasteiger partial charge in [-0.1, -0.05) is 25.8 Å². The highest BCUT2D eigenvalue weighted by Gasteiger charge is 2.19. The maximum absolute atomic E-state index is 11.7. The van der Waals surface area contributed by atoms with Gasteiger partial charge < -0.3 is 10.1 Å². The Morgan fingerprint density at radius 3 is 2.84 bits per heavy atom. The lowest BCUT2D eigenvalue weighted by atomic mass is 10.1. The number of benzene rings is 1. The zero-order valence-corrected chi connectivity index (χ0v) is 11.7. The lowest BCUT2D eigenvalue weighted by Gasteiger charge is -2.19. The maximum atomic E-state index is 11.7. The molecule has 0 spiro atoms. The van der Waals surface area contributed by atoms with E-state index in [1.54, 1.807) is 12.1 Å². The molecule has 0 aliphatic rings. The molecule has 1 unspecified atom stereocenters. The molecular weight excluding hydrogens is 240 g/mol. The zero-order chi connectivity index (χ0) is 14.3. The molecule has 1 aromatic rings. The van der Waals surface area contributed by atoms with Crippen LogP contribution < -0.4 is 5.32 Å². The van der Waals surface area contributed by atoms with Gasteiger partial charge in [0.1, 0.15) is 6.04 Å². The average molecular weight is 260 g/mol. The van der Waals surface area contributed by atoms with Gasteiger partial charge in [-0.3, -0.25) is 0 Å². The minimum Gasteiger partial charge on any atom is -0.467 e. The summed E-state index contributed by atoms with van der Waals surface area (Å²) in [6.07, 6.45) is 2.69. The first-order valence-corrected chi connectivity index (χ1v) is 6.47. The molecule has 0 saturated carbocycles. The largest absolute Gasteiger partial charge is 0.467 e. The fourth-order valence-electron chi connectivity index (χ4n) is 1.83. The first-order chi connectivity index (χ1) is 9.12. The average Bonchev–Trinajstić information content (AvgIpc) is 2.44. The van der Waals surface area contributed by atoms with Crippen LogP contribution >= 0.6 is 0 Å². The van der Waals surface area contributed by atoms with Crippen LogP contribution in [-0.4, -0.2) is 19.1 Å². The van der Waals surface area contributed by atoms with Crippen LogP contribution in [0.15, 0.2) is 18.2 Å². The second-order valence-electron chi connectivity index (χ2n) is 4.50. The van der Waals surface area contributed by atoms with E-state index >= 15 is 0 Å². The molecule has 1 N–H and O–H groups in total. The van der Waals surface area contributed by atoms with Gasteiger partial charge >= 0.3 is 5.97 Å². The highest BCUT2D eigenvalue weighted by Crippen LogP contribution is 2.19. The summed E-state index contributed by atoms with van der Waals surface area (Å²) in [7, 11) is 1.39. The molecule has 0 aliphatic carbocycles. The van der Waals surface area contributed by atoms with Crippen molar-refractivity contribution in [3.63, 3.8) is 0 Å². The number of nitrogens with zero attached hydrogens (tertiary/aromatic N) is 1. The lowest BCUT2D eigenvalue weighted by Crippen LogP contribution is -2.30. The molecule has 4 nitrogen and oxygen atoms in total. The summed E-state index contributed by atoms with van der Waals surface area (Å²) in [5.41, 5.74) is 2.39. The quantitative estimate of drug-likeness (QED) is 0.799. The van der Waals surface area contributed by atoms with Crippen molar-refractivity contribution in [3.05, 3.63) is 29.3 Å². The number of aryl methyl sites for hydroxylation is 1. The maximum Gasteiger partial charge on any atom is 0.328 e. The number of rotatable bonds is 6. The number of unbranched alkanes of at least 4 members (excludes halogenated alkanes) is 1. The first kappa shape index (κ1) is 15.0. The molecule has 1 rings (SSSR count). The van der Waals surface area contributed by atoms with Gasteiger partial charge in [0.05, 0.1) is 18.7 Å². The van der Waals surface area contributed by atoms with Gasteiger partial charge in [-0.25, -0.2) is 4.79 Å². The van der Waals surface area contributed by atoms with E-state index in [1.165, 1.54) is 7.11 Å².